The number of aromatic nitrogens is 2. The number of rotatable bonds is 5. The number of nitrogens with two attached hydrogens (primary N) is 1. The predicted molar refractivity (Wildman–Crippen MR) is 121 cm³/mol. The summed E-state index contributed by atoms with van der Waals surface area (Å²) in [5.74, 6) is 0.0302. The van der Waals surface area contributed by atoms with Crippen molar-refractivity contribution in [2.75, 3.05) is 12.9 Å². The minimum Gasteiger partial charge on any atom is -0.497 e. The van der Waals surface area contributed by atoms with Gasteiger partial charge in [-0.2, -0.15) is 0 Å². The van der Waals surface area contributed by atoms with Crippen molar-refractivity contribution in [1.82, 2.24) is 14.9 Å². The molecular weight excluding hydrogens is 436 g/mol. The van der Waals surface area contributed by atoms with Crippen LogP contribution in [0.1, 0.15) is 29.7 Å². The fraction of sp³-hybridized carbons (Fsp3) is 0.333. The lowest BCUT2D eigenvalue weighted by atomic mass is 10.1. The molecule has 4 rings (SSSR count). The number of fused-ring (bicyclic) bond motifs is 3. The quantitative estimate of drug-likeness (QED) is 0.345. The van der Waals surface area contributed by atoms with Gasteiger partial charge in [0.15, 0.2) is 5.16 Å². The zero-order valence-corrected chi connectivity index (χ0v) is 18.6. The van der Waals surface area contributed by atoms with Gasteiger partial charge in [0.05, 0.1) is 23.9 Å². The number of aryl methyl sites for hydroxylation is 2. The Bertz CT molecular complexity index is 1200. The molecule has 3 aromatic rings. The number of nitrogens with one attached hydrogen (secondary N) is 1. The number of carbonyl (C=O) groups is 2. The number of thioether (sulfide) groups is 1. The first-order valence-corrected chi connectivity index (χ1v) is 11.7. The maximum Gasteiger partial charge on any atom is 0.318 e. The lowest BCUT2D eigenvalue weighted by molar-refractivity contribution is -0.117. The molecule has 1 aliphatic carbocycles. The Morgan fingerprint density at radius 1 is 1.23 bits per heavy atom. The van der Waals surface area contributed by atoms with E-state index in [2.05, 4.69) is 0 Å². The highest BCUT2D eigenvalue weighted by Crippen LogP contribution is 2.34. The Kier molecular flexibility index (Phi) is 6.28. The van der Waals surface area contributed by atoms with Crippen LogP contribution in [0.3, 0.4) is 0 Å². The summed E-state index contributed by atoms with van der Waals surface area (Å²) in [7, 11) is 1.58. The van der Waals surface area contributed by atoms with Crippen molar-refractivity contribution in [3.8, 4) is 11.4 Å². The van der Waals surface area contributed by atoms with Crippen LogP contribution >= 0.6 is 23.1 Å². The van der Waals surface area contributed by atoms with Crippen LogP contribution in [-0.2, 0) is 17.6 Å². The van der Waals surface area contributed by atoms with Crippen molar-refractivity contribution in [1.29, 1.82) is 0 Å². The predicted octanol–water partition coefficient (Wildman–Crippen LogP) is 3.01. The molecule has 0 fully saturated rings. The smallest absolute Gasteiger partial charge is 0.318 e. The van der Waals surface area contributed by atoms with E-state index in [0.717, 1.165) is 49.4 Å². The van der Waals surface area contributed by atoms with Gasteiger partial charge in [-0.05, 0) is 55.5 Å². The molecule has 1 aromatic carbocycles. The molecular formula is C21H22N4O4S2. The highest BCUT2D eigenvalue weighted by atomic mass is 32.2. The summed E-state index contributed by atoms with van der Waals surface area (Å²) in [6.07, 6.45) is 5.17. The summed E-state index contributed by atoms with van der Waals surface area (Å²) in [5, 5.41) is 3.09. The molecule has 2 heterocycles. The van der Waals surface area contributed by atoms with Crippen LogP contribution in [0.15, 0.2) is 34.2 Å². The van der Waals surface area contributed by atoms with Crippen molar-refractivity contribution in [2.45, 2.75) is 37.3 Å². The molecule has 162 valence electrons. The van der Waals surface area contributed by atoms with E-state index in [1.165, 1.54) is 9.44 Å². The Labute approximate surface area is 186 Å². The summed E-state index contributed by atoms with van der Waals surface area (Å²) in [5.41, 5.74) is 6.61. The largest absolute Gasteiger partial charge is 0.497 e. The average molecular weight is 459 g/mol. The number of ether oxygens (including phenoxy) is 1. The highest BCUT2D eigenvalue weighted by molar-refractivity contribution is 7.99. The van der Waals surface area contributed by atoms with Gasteiger partial charge >= 0.3 is 6.03 Å². The van der Waals surface area contributed by atoms with Crippen LogP contribution in [0, 0.1) is 0 Å². The number of urea groups is 1. The van der Waals surface area contributed by atoms with Crippen LogP contribution in [-0.4, -0.2) is 34.4 Å². The number of thiophene rings is 1. The summed E-state index contributed by atoms with van der Waals surface area (Å²) in [6.45, 7) is 0. The maximum atomic E-state index is 13.7. The molecule has 0 spiro atoms. The number of carbonyl (C=O) groups excluding carboxylic acids is 2. The van der Waals surface area contributed by atoms with Crippen LogP contribution in [0.5, 0.6) is 5.75 Å². The number of amides is 3. The third kappa shape index (κ3) is 4.45. The van der Waals surface area contributed by atoms with Crippen LogP contribution < -0.4 is 21.3 Å². The maximum absolute atomic E-state index is 13.7. The number of imide groups is 1. The molecule has 0 saturated carbocycles. The van der Waals surface area contributed by atoms with Crippen molar-refractivity contribution in [3.63, 3.8) is 0 Å². The van der Waals surface area contributed by atoms with Gasteiger partial charge in [-0.15, -0.1) is 11.3 Å². The minimum atomic E-state index is -0.913. The molecule has 0 atom stereocenters. The SMILES string of the molecule is COc1ccc(-n2c(SCC(=O)NC(N)=O)nc3sc4c(c3c2=O)CCCCC4)cc1. The lowest BCUT2D eigenvalue weighted by Gasteiger charge is -2.13. The normalized spacial score (nSPS) is 13.5. The second-order valence-electron chi connectivity index (χ2n) is 7.18. The fourth-order valence-electron chi connectivity index (χ4n) is 3.72. The third-order valence-electron chi connectivity index (χ3n) is 5.13. The van der Waals surface area contributed by atoms with Crippen LogP contribution in [0.4, 0.5) is 4.79 Å². The van der Waals surface area contributed by atoms with E-state index in [9.17, 15) is 14.4 Å². The zero-order valence-electron chi connectivity index (χ0n) is 17.0. The molecule has 8 nitrogen and oxygen atoms in total. The minimum absolute atomic E-state index is 0.0951. The van der Waals surface area contributed by atoms with Crippen molar-refractivity contribution in [2.24, 2.45) is 5.73 Å². The summed E-state index contributed by atoms with van der Waals surface area (Å²) < 4.78 is 6.75. The Hall–Kier alpha value is -2.85. The van der Waals surface area contributed by atoms with Gasteiger partial charge < -0.3 is 10.5 Å². The second kappa shape index (κ2) is 9.11. The first kappa shape index (κ1) is 21.4. The molecule has 2 aromatic heterocycles. The molecule has 0 saturated heterocycles. The van der Waals surface area contributed by atoms with Gasteiger partial charge in [0.25, 0.3) is 5.56 Å². The molecule has 0 aliphatic heterocycles. The zero-order chi connectivity index (χ0) is 22.0. The van der Waals surface area contributed by atoms with E-state index in [1.807, 2.05) is 5.32 Å². The van der Waals surface area contributed by atoms with Gasteiger partial charge in [-0.25, -0.2) is 9.78 Å². The highest BCUT2D eigenvalue weighted by Gasteiger charge is 2.22. The van der Waals surface area contributed by atoms with Gasteiger partial charge in [-0.3, -0.25) is 19.5 Å². The van der Waals surface area contributed by atoms with Crippen LogP contribution in [0.2, 0.25) is 0 Å². The van der Waals surface area contributed by atoms with E-state index in [-0.39, 0.29) is 11.3 Å². The van der Waals surface area contributed by atoms with E-state index >= 15 is 0 Å². The molecule has 3 amide bonds. The summed E-state index contributed by atoms with van der Waals surface area (Å²) in [6, 6.07) is 6.20. The number of hydrogen-bond acceptors (Lipinski definition) is 7. The fourth-order valence-corrected chi connectivity index (χ4v) is 5.84. The topological polar surface area (TPSA) is 116 Å². The first-order valence-electron chi connectivity index (χ1n) is 9.91. The van der Waals surface area contributed by atoms with E-state index in [4.69, 9.17) is 15.5 Å². The standard InChI is InChI=1S/C21H22N4O4S2/c1-29-13-9-7-12(8-10-13)25-19(27)17-14-5-3-2-4-6-15(14)31-18(17)24-21(25)30-11-16(26)23-20(22)28/h7-10H,2-6,11H2,1H3,(H3,22,23,26,28). The average Bonchev–Trinajstić information content (AvgIpc) is 2.93. The molecule has 3 N–H and O–H groups in total. The Morgan fingerprint density at radius 3 is 2.68 bits per heavy atom. The second-order valence-corrected chi connectivity index (χ2v) is 9.20. The van der Waals surface area contributed by atoms with Gasteiger partial charge in [0.2, 0.25) is 5.91 Å². The van der Waals surface area contributed by atoms with Gasteiger partial charge in [0, 0.05) is 4.88 Å². The number of methoxy groups -OCH3 is 1. The third-order valence-corrected chi connectivity index (χ3v) is 7.26. The number of nitrogens with zero attached hydrogens (tertiary/aromatic N) is 2. The summed E-state index contributed by atoms with van der Waals surface area (Å²) in [4.78, 5) is 43.2. The van der Waals surface area contributed by atoms with E-state index < -0.39 is 11.9 Å². The molecule has 1 aliphatic rings. The lowest BCUT2D eigenvalue weighted by Crippen LogP contribution is -2.36. The van der Waals surface area contributed by atoms with Crippen LogP contribution in [0.25, 0.3) is 15.9 Å². The van der Waals surface area contributed by atoms with Crippen molar-refractivity contribution >= 4 is 45.3 Å². The van der Waals surface area contributed by atoms with Gasteiger partial charge in [0.1, 0.15) is 10.6 Å². The summed E-state index contributed by atoms with van der Waals surface area (Å²) >= 11 is 2.65. The van der Waals surface area contributed by atoms with E-state index in [1.54, 1.807) is 42.7 Å². The van der Waals surface area contributed by atoms with E-state index in [0.29, 0.717) is 26.8 Å². The number of primary amides is 1. The monoisotopic (exact) mass is 458 g/mol. The number of hydrogen-bond donors (Lipinski definition) is 2. The Morgan fingerprint density at radius 2 is 1.97 bits per heavy atom. The molecule has 31 heavy (non-hydrogen) atoms. The molecule has 0 bridgehead atoms. The molecule has 0 unspecified atom stereocenters. The first-order chi connectivity index (χ1) is 15.0. The molecule has 10 heteroatoms. The number of benzene rings is 1. The van der Waals surface area contributed by atoms with Gasteiger partial charge in [-0.1, -0.05) is 18.2 Å². The van der Waals surface area contributed by atoms with Crippen molar-refractivity contribution < 1.29 is 14.3 Å². The van der Waals surface area contributed by atoms with Crippen molar-refractivity contribution in [3.05, 3.63) is 45.1 Å². The Balaban J connectivity index is 1.84. The molecule has 0 radical (unpaired) electrons.